The summed E-state index contributed by atoms with van der Waals surface area (Å²) < 4.78 is 10.3. The van der Waals surface area contributed by atoms with E-state index in [4.69, 9.17) is 15.2 Å². The lowest BCUT2D eigenvalue weighted by Gasteiger charge is -2.09. The van der Waals surface area contributed by atoms with Crippen molar-refractivity contribution in [3.05, 3.63) is 35.5 Å². The third-order valence-electron chi connectivity index (χ3n) is 2.24. The second kappa shape index (κ2) is 5.94. The van der Waals surface area contributed by atoms with Gasteiger partial charge in [0.15, 0.2) is 5.78 Å². The minimum atomic E-state index is -0.0587. The van der Waals surface area contributed by atoms with Crippen molar-refractivity contribution in [2.75, 3.05) is 14.2 Å². The molecule has 0 saturated carbocycles. The fourth-order valence-electron chi connectivity index (χ4n) is 1.51. The van der Waals surface area contributed by atoms with Crippen LogP contribution in [0.15, 0.2) is 30.0 Å². The van der Waals surface area contributed by atoms with Crippen molar-refractivity contribution in [1.82, 2.24) is 0 Å². The van der Waals surface area contributed by atoms with Gasteiger partial charge in [0.1, 0.15) is 11.5 Å². The number of nitrogens with two attached hydrogens (primary N) is 1. The minimum Gasteiger partial charge on any atom is -0.497 e. The molecule has 0 saturated heterocycles. The van der Waals surface area contributed by atoms with Crippen LogP contribution in [0.2, 0.25) is 0 Å². The zero-order chi connectivity index (χ0) is 12.8. The molecule has 0 aliphatic carbocycles. The molecule has 0 aliphatic rings. The number of carbonyl (C=O) groups is 1. The highest BCUT2D eigenvalue weighted by atomic mass is 16.5. The highest BCUT2D eigenvalue weighted by Gasteiger charge is 2.08. The van der Waals surface area contributed by atoms with Gasteiger partial charge >= 0.3 is 0 Å². The molecule has 1 aromatic rings. The van der Waals surface area contributed by atoms with Crippen LogP contribution in [0.5, 0.6) is 11.5 Å². The maximum atomic E-state index is 11.6. The maximum absolute atomic E-state index is 11.6. The van der Waals surface area contributed by atoms with Gasteiger partial charge in [-0.15, -0.1) is 0 Å². The van der Waals surface area contributed by atoms with E-state index in [0.717, 1.165) is 5.56 Å². The molecule has 0 aliphatic heterocycles. The number of ketones is 1. The van der Waals surface area contributed by atoms with Crippen LogP contribution < -0.4 is 15.2 Å². The van der Waals surface area contributed by atoms with Gasteiger partial charge in [0.25, 0.3) is 0 Å². The van der Waals surface area contributed by atoms with Gasteiger partial charge in [-0.1, -0.05) is 0 Å². The summed E-state index contributed by atoms with van der Waals surface area (Å²) in [6.45, 7) is 1.68. The van der Waals surface area contributed by atoms with E-state index in [1.807, 2.05) is 0 Å². The SMILES string of the molecule is COc1ccc(OC)c(CC(=O)/C=C(/C)N)c1. The van der Waals surface area contributed by atoms with Crippen LogP contribution in [-0.2, 0) is 11.2 Å². The molecule has 92 valence electrons. The number of hydrogen-bond acceptors (Lipinski definition) is 4. The third kappa shape index (κ3) is 3.83. The zero-order valence-electron chi connectivity index (χ0n) is 10.3. The average molecular weight is 235 g/mol. The lowest BCUT2D eigenvalue weighted by atomic mass is 10.1. The number of ether oxygens (including phenoxy) is 2. The largest absolute Gasteiger partial charge is 0.497 e. The zero-order valence-corrected chi connectivity index (χ0v) is 10.3. The van der Waals surface area contributed by atoms with Gasteiger partial charge in [-0.05, 0) is 31.2 Å². The lowest BCUT2D eigenvalue weighted by molar-refractivity contribution is -0.114. The molecule has 2 N–H and O–H groups in total. The number of benzene rings is 1. The minimum absolute atomic E-state index is 0.0587. The number of methoxy groups -OCH3 is 2. The molecule has 0 aromatic heterocycles. The highest BCUT2D eigenvalue weighted by Crippen LogP contribution is 2.24. The van der Waals surface area contributed by atoms with Gasteiger partial charge in [0.2, 0.25) is 0 Å². The first-order valence-electron chi connectivity index (χ1n) is 5.24. The van der Waals surface area contributed by atoms with Crippen molar-refractivity contribution in [2.45, 2.75) is 13.3 Å². The first kappa shape index (κ1) is 13.1. The first-order valence-corrected chi connectivity index (χ1v) is 5.24. The lowest BCUT2D eigenvalue weighted by Crippen LogP contribution is -2.04. The van der Waals surface area contributed by atoms with Crippen molar-refractivity contribution in [3.8, 4) is 11.5 Å². The molecule has 0 unspecified atom stereocenters. The predicted molar refractivity (Wildman–Crippen MR) is 66.2 cm³/mol. The topological polar surface area (TPSA) is 61.5 Å². The molecule has 17 heavy (non-hydrogen) atoms. The Balaban J connectivity index is 2.95. The summed E-state index contributed by atoms with van der Waals surface area (Å²) >= 11 is 0. The normalized spacial score (nSPS) is 11.1. The summed E-state index contributed by atoms with van der Waals surface area (Å²) in [5.74, 6) is 1.31. The van der Waals surface area contributed by atoms with Gasteiger partial charge < -0.3 is 15.2 Å². The number of carbonyl (C=O) groups excluding carboxylic acids is 1. The molecule has 4 nitrogen and oxygen atoms in total. The molecule has 0 spiro atoms. The second-order valence-corrected chi connectivity index (χ2v) is 3.71. The highest BCUT2D eigenvalue weighted by molar-refractivity contribution is 5.92. The number of rotatable bonds is 5. The fraction of sp³-hybridized carbons (Fsp3) is 0.308. The second-order valence-electron chi connectivity index (χ2n) is 3.71. The van der Waals surface area contributed by atoms with Crippen LogP contribution in [0.1, 0.15) is 12.5 Å². The number of allylic oxidation sites excluding steroid dienone is 2. The molecular formula is C13H17NO3. The Morgan fingerprint density at radius 3 is 2.59 bits per heavy atom. The Labute approximate surface area is 101 Å². The van der Waals surface area contributed by atoms with Crippen molar-refractivity contribution in [2.24, 2.45) is 5.73 Å². The molecule has 0 heterocycles. The molecule has 0 atom stereocenters. The average Bonchev–Trinajstić information content (AvgIpc) is 2.27. The Morgan fingerprint density at radius 2 is 2.06 bits per heavy atom. The van der Waals surface area contributed by atoms with E-state index < -0.39 is 0 Å². The Morgan fingerprint density at radius 1 is 1.35 bits per heavy atom. The summed E-state index contributed by atoms with van der Waals surface area (Å²) in [5.41, 5.74) is 6.74. The summed E-state index contributed by atoms with van der Waals surface area (Å²) in [4.78, 5) is 11.6. The first-order chi connectivity index (χ1) is 8.06. The van der Waals surface area contributed by atoms with Gasteiger partial charge in [-0.2, -0.15) is 0 Å². The fourth-order valence-corrected chi connectivity index (χ4v) is 1.51. The maximum Gasteiger partial charge on any atom is 0.161 e. The van der Waals surface area contributed by atoms with E-state index in [1.54, 1.807) is 39.3 Å². The van der Waals surface area contributed by atoms with Crippen LogP contribution in [0.25, 0.3) is 0 Å². The van der Waals surface area contributed by atoms with Crippen LogP contribution in [-0.4, -0.2) is 20.0 Å². The van der Waals surface area contributed by atoms with Gasteiger partial charge in [0, 0.05) is 17.7 Å². The van der Waals surface area contributed by atoms with Crippen molar-refractivity contribution >= 4 is 5.78 Å². The quantitative estimate of drug-likeness (QED) is 0.789. The summed E-state index contributed by atoms with van der Waals surface area (Å²) in [6, 6.07) is 5.35. The third-order valence-corrected chi connectivity index (χ3v) is 2.24. The predicted octanol–water partition coefficient (Wildman–Crippen LogP) is 1.68. The van der Waals surface area contributed by atoms with E-state index in [2.05, 4.69) is 0 Å². The van der Waals surface area contributed by atoms with Crippen LogP contribution >= 0.6 is 0 Å². The smallest absolute Gasteiger partial charge is 0.161 e. The Bertz CT molecular complexity index is 434. The molecule has 1 rings (SSSR count). The van der Waals surface area contributed by atoms with Gasteiger partial charge in [-0.3, -0.25) is 4.79 Å². The van der Waals surface area contributed by atoms with Crippen LogP contribution in [0.4, 0.5) is 0 Å². The van der Waals surface area contributed by atoms with Crippen LogP contribution in [0.3, 0.4) is 0 Å². The molecular weight excluding hydrogens is 218 g/mol. The molecule has 0 radical (unpaired) electrons. The molecule has 4 heteroatoms. The van der Waals surface area contributed by atoms with Crippen molar-refractivity contribution in [3.63, 3.8) is 0 Å². The van der Waals surface area contributed by atoms with E-state index in [-0.39, 0.29) is 12.2 Å². The monoisotopic (exact) mass is 235 g/mol. The molecule has 0 bridgehead atoms. The Kier molecular flexibility index (Phi) is 4.57. The van der Waals surface area contributed by atoms with Crippen LogP contribution in [0, 0.1) is 0 Å². The van der Waals surface area contributed by atoms with Gasteiger partial charge in [0.05, 0.1) is 14.2 Å². The molecule has 0 fully saturated rings. The summed E-state index contributed by atoms with van der Waals surface area (Å²) in [6.07, 6.45) is 1.66. The molecule has 1 aromatic carbocycles. The van der Waals surface area contributed by atoms with Crippen molar-refractivity contribution < 1.29 is 14.3 Å². The van der Waals surface area contributed by atoms with E-state index in [9.17, 15) is 4.79 Å². The molecule has 0 amide bonds. The van der Waals surface area contributed by atoms with Crippen molar-refractivity contribution in [1.29, 1.82) is 0 Å². The van der Waals surface area contributed by atoms with Gasteiger partial charge in [-0.25, -0.2) is 0 Å². The standard InChI is InChI=1S/C13H17NO3/c1-9(14)6-11(15)7-10-8-12(16-2)4-5-13(10)17-3/h4-6,8H,7,14H2,1-3H3/b9-6-. The van der Waals surface area contributed by atoms with E-state index in [1.165, 1.54) is 6.08 Å². The number of hydrogen-bond donors (Lipinski definition) is 1. The Hall–Kier alpha value is -1.97. The van der Waals surface area contributed by atoms with E-state index >= 15 is 0 Å². The summed E-state index contributed by atoms with van der Waals surface area (Å²) in [7, 11) is 3.15. The summed E-state index contributed by atoms with van der Waals surface area (Å²) in [5, 5.41) is 0. The van der Waals surface area contributed by atoms with E-state index in [0.29, 0.717) is 17.2 Å².